The SMILES string of the molecule is CN(Cc1cscn1)C1(CC(=O)O)CN(C(=O)OC(C)(C)C)C1. The maximum absolute atomic E-state index is 12.1. The molecule has 1 aromatic heterocycles. The highest BCUT2D eigenvalue weighted by Crippen LogP contribution is 2.32. The molecule has 0 saturated carbocycles. The molecular weight excluding hydrogens is 318 g/mol. The number of rotatable bonds is 5. The molecule has 8 heteroatoms. The van der Waals surface area contributed by atoms with Crippen molar-refractivity contribution >= 4 is 23.4 Å². The Morgan fingerprint density at radius 2 is 2.13 bits per heavy atom. The van der Waals surface area contributed by atoms with Gasteiger partial charge in [0.2, 0.25) is 0 Å². The van der Waals surface area contributed by atoms with E-state index in [4.69, 9.17) is 4.74 Å². The zero-order valence-electron chi connectivity index (χ0n) is 13.9. The molecule has 1 aromatic rings. The minimum atomic E-state index is -0.876. The van der Waals surface area contributed by atoms with Crippen LogP contribution in [0.3, 0.4) is 0 Å². The molecule has 0 aliphatic carbocycles. The number of likely N-dealkylation sites (N-methyl/N-ethyl adjacent to an activating group) is 1. The van der Waals surface area contributed by atoms with Gasteiger partial charge in [-0.2, -0.15) is 0 Å². The van der Waals surface area contributed by atoms with Gasteiger partial charge in [0.1, 0.15) is 5.60 Å². The standard InChI is InChI=1S/C15H23N3O4S/c1-14(2,3)22-13(21)18-8-15(9-18,5-12(19)20)17(4)6-11-7-23-10-16-11/h7,10H,5-6,8-9H2,1-4H3,(H,19,20). The van der Waals surface area contributed by atoms with E-state index in [1.165, 1.54) is 11.3 Å². The summed E-state index contributed by atoms with van der Waals surface area (Å²) in [4.78, 5) is 31.1. The lowest BCUT2D eigenvalue weighted by Gasteiger charge is -2.53. The van der Waals surface area contributed by atoms with Crippen LogP contribution in [-0.2, 0) is 16.1 Å². The number of carbonyl (C=O) groups excluding carboxylic acids is 1. The molecule has 0 radical (unpaired) electrons. The molecule has 0 spiro atoms. The molecule has 2 rings (SSSR count). The molecule has 1 saturated heterocycles. The Morgan fingerprint density at radius 1 is 1.48 bits per heavy atom. The van der Waals surface area contributed by atoms with Crippen LogP contribution in [0.15, 0.2) is 10.9 Å². The van der Waals surface area contributed by atoms with Crippen LogP contribution in [0, 0.1) is 0 Å². The maximum Gasteiger partial charge on any atom is 0.410 e. The molecule has 0 atom stereocenters. The van der Waals surface area contributed by atoms with E-state index in [2.05, 4.69) is 4.98 Å². The largest absolute Gasteiger partial charge is 0.481 e. The third-order valence-electron chi connectivity index (χ3n) is 3.79. The summed E-state index contributed by atoms with van der Waals surface area (Å²) in [6, 6.07) is 0. The van der Waals surface area contributed by atoms with Crippen LogP contribution in [0.4, 0.5) is 4.79 Å². The van der Waals surface area contributed by atoms with E-state index in [1.54, 1.807) is 10.4 Å². The number of thiazole rings is 1. The summed E-state index contributed by atoms with van der Waals surface area (Å²) in [6.07, 6.45) is -0.423. The number of amides is 1. The average Bonchev–Trinajstić information content (AvgIpc) is 2.83. The van der Waals surface area contributed by atoms with Gasteiger partial charge in [-0.3, -0.25) is 9.69 Å². The molecule has 128 valence electrons. The van der Waals surface area contributed by atoms with Crippen LogP contribution in [0.25, 0.3) is 0 Å². The Labute approximate surface area is 139 Å². The summed E-state index contributed by atoms with van der Waals surface area (Å²) in [7, 11) is 1.87. The monoisotopic (exact) mass is 341 g/mol. The minimum Gasteiger partial charge on any atom is -0.481 e. The van der Waals surface area contributed by atoms with Gasteiger partial charge in [0.25, 0.3) is 0 Å². The first-order chi connectivity index (χ1) is 10.6. The first-order valence-corrected chi connectivity index (χ1v) is 8.34. The lowest BCUT2D eigenvalue weighted by atomic mass is 9.84. The average molecular weight is 341 g/mol. The Kier molecular flexibility index (Phi) is 4.95. The highest BCUT2D eigenvalue weighted by molar-refractivity contribution is 7.07. The smallest absolute Gasteiger partial charge is 0.410 e. The number of hydrogen-bond donors (Lipinski definition) is 1. The maximum atomic E-state index is 12.1. The van der Waals surface area contributed by atoms with Crippen molar-refractivity contribution in [3.63, 3.8) is 0 Å². The van der Waals surface area contributed by atoms with E-state index in [-0.39, 0.29) is 6.42 Å². The summed E-state index contributed by atoms with van der Waals surface area (Å²) in [5, 5.41) is 11.2. The summed E-state index contributed by atoms with van der Waals surface area (Å²) in [5.74, 6) is -0.876. The molecule has 1 aliphatic heterocycles. The van der Waals surface area contributed by atoms with Gasteiger partial charge in [0, 0.05) is 25.0 Å². The van der Waals surface area contributed by atoms with E-state index in [0.29, 0.717) is 19.6 Å². The van der Waals surface area contributed by atoms with Crippen molar-refractivity contribution in [3.05, 3.63) is 16.6 Å². The molecule has 1 fully saturated rings. The molecule has 1 N–H and O–H groups in total. The number of aromatic nitrogens is 1. The van der Waals surface area contributed by atoms with Crippen molar-refractivity contribution in [1.29, 1.82) is 0 Å². The van der Waals surface area contributed by atoms with Crippen LogP contribution in [0.5, 0.6) is 0 Å². The Hall–Kier alpha value is -1.67. The third kappa shape index (κ3) is 4.42. The van der Waals surface area contributed by atoms with Crippen LogP contribution >= 0.6 is 11.3 Å². The van der Waals surface area contributed by atoms with Gasteiger partial charge in [-0.25, -0.2) is 9.78 Å². The van der Waals surface area contributed by atoms with Gasteiger partial charge < -0.3 is 14.7 Å². The van der Waals surface area contributed by atoms with Crippen molar-refractivity contribution in [2.45, 2.75) is 44.9 Å². The lowest BCUT2D eigenvalue weighted by molar-refractivity contribution is -0.145. The van der Waals surface area contributed by atoms with Crippen LogP contribution < -0.4 is 0 Å². The summed E-state index contributed by atoms with van der Waals surface area (Å²) < 4.78 is 5.34. The molecule has 0 bridgehead atoms. The molecule has 23 heavy (non-hydrogen) atoms. The van der Waals surface area contributed by atoms with Crippen LogP contribution in [-0.4, -0.2) is 63.2 Å². The molecule has 0 aromatic carbocycles. The van der Waals surface area contributed by atoms with Gasteiger partial charge in [-0.1, -0.05) is 0 Å². The lowest BCUT2D eigenvalue weighted by Crippen LogP contribution is -2.71. The Morgan fingerprint density at radius 3 is 2.61 bits per heavy atom. The van der Waals surface area contributed by atoms with E-state index in [0.717, 1.165) is 5.69 Å². The number of carbonyl (C=O) groups is 2. The van der Waals surface area contributed by atoms with Crippen molar-refractivity contribution < 1.29 is 19.4 Å². The second kappa shape index (κ2) is 6.45. The van der Waals surface area contributed by atoms with Crippen LogP contribution in [0.1, 0.15) is 32.9 Å². The predicted molar refractivity (Wildman–Crippen MR) is 86.4 cm³/mol. The highest BCUT2D eigenvalue weighted by atomic mass is 32.1. The third-order valence-corrected chi connectivity index (χ3v) is 4.43. The topological polar surface area (TPSA) is 83.0 Å². The highest BCUT2D eigenvalue weighted by Gasteiger charge is 2.50. The summed E-state index contributed by atoms with van der Waals surface area (Å²) in [5.41, 5.74) is 1.51. The second-order valence-corrected chi connectivity index (χ2v) is 7.69. The molecule has 2 heterocycles. The van der Waals surface area contributed by atoms with Gasteiger partial charge in [0.15, 0.2) is 0 Å². The number of ether oxygens (including phenoxy) is 1. The minimum absolute atomic E-state index is 0.0209. The van der Waals surface area contributed by atoms with E-state index in [1.807, 2.05) is 38.1 Å². The van der Waals surface area contributed by atoms with Crippen molar-refractivity contribution in [2.24, 2.45) is 0 Å². The Balaban J connectivity index is 2.02. The summed E-state index contributed by atoms with van der Waals surface area (Å²) in [6.45, 7) is 6.67. The Bertz CT molecular complexity index is 562. The summed E-state index contributed by atoms with van der Waals surface area (Å²) >= 11 is 1.50. The zero-order valence-corrected chi connectivity index (χ0v) is 14.7. The number of aliphatic carboxylic acids is 1. The molecule has 7 nitrogen and oxygen atoms in total. The van der Waals surface area contributed by atoms with Gasteiger partial charge in [-0.05, 0) is 27.8 Å². The van der Waals surface area contributed by atoms with Gasteiger partial charge >= 0.3 is 12.1 Å². The van der Waals surface area contributed by atoms with Gasteiger partial charge in [-0.15, -0.1) is 11.3 Å². The fourth-order valence-corrected chi connectivity index (χ4v) is 3.17. The first kappa shape index (κ1) is 17.7. The number of hydrogen-bond acceptors (Lipinski definition) is 6. The van der Waals surface area contributed by atoms with E-state index in [9.17, 15) is 14.7 Å². The van der Waals surface area contributed by atoms with Crippen molar-refractivity contribution in [3.8, 4) is 0 Å². The normalized spacial score (nSPS) is 17.0. The molecular formula is C15H23N3O4S. The van der Waals surface area contributed by atoms with Crippen molar-refractivity contribution in [2.75, 3.05) is 20.1 Å². The fraction of sp³-hybridized carbons (Fsp3) is 0.667. The quantitative estimate of drug-likeness (QED) is 0.882. The first-order valence-electron chi connectivity index (χ1n) is 7.39. The molecule has 0 unspecified atom stereocenters. The number of carboxylic acid groups (broad SMARTS) is 1. The fourth-order valence-electron chi connectivity index (χ4n) is 2.62. The zero-order chi connectivity index (χ0) is 17.3. The molecule has 1 aliphatic rings. The van der Waals surface area contributed by atoms with Crippen molar-refractivity contribution in [1.82, 2.24) is 14.8 Å². The second-order valence-electron chi connectivity index (χ2n) is 6.97. The molecule has 1 amide bonds. The number of likely N-dealkylation sites (tertiary alicyclic amines) is 1. The number of carboxylic acids is 1. The van der Waals surface area contributed by atoms with Gasteiger partial charge in [0.05, 0.1) is 23.2 Å². The predicted octanol–water partition coefficient (Wildman–Crippen LogP) is 2.04. The van der Waals surface area contributed by atoms with E-state index >= 15 is 0 Å². The number of nitrogens with zero attached hydrogens (tertiary/aromatic N) is 3. The van der Waals surface area contributed by atoms with E-state index < -0.39 is 23.2 Å². The van der Waals surface area contributed by atoms with Crippen LogP contribution in [0.2, 0.25) is 0 Å².